The van der Waals surface area contributed by atoms with Crippen molar-refractivity contribution in [1.29, 1.82) is 0 Å². The zero-order valence-corrected chi connectivity index (χ0v) is 10.9. The highest BCUT2D eigenvalue weighted by atomic mass is 35.5. The van der Waals surface area contributed by atoms with Crippen molar-refractivity contribution < 1.29 is 23.8 Å². The summed E-state index contributed by atoms with van der Waals surface area (Å²) >= 11 is 6.31. The van der Waals surface area contributed by atoms with Crippen LogP contribution >= 0.6 is 23.4 Å². The highest BCUT2D eigenvalue weighted by Gasteiger charge is 2.26. The average molecular weight is 297 g/mol. The largest absolute Gasteiger partial charge is 0.389 e. The van der Waals surface area contributed by atoms with E-state index in [1.807, 2.05) is 0 Å². The maximum absolute atomic E-state index is 13.4. The van der Waals surface area contributed by atoms with E-state index in [1.54, 1.807) is 0 Å². The molecule has 1 rings (SSSR count). The number of aliphatic hydroxyl groups is 2. The molecule has 18 heavy (non-hydrogen) atoms. The molecule has 0 saturated heterocycles. The third-order valence-corrected chi connectivity index (χ3v) is 3.50. The van der Waals surface area contributed by atoms with Crippen LogP contribution < -0.4 is 0 Å². The van der Waals surface area contributed by atoms with Crippen LogP contribution in [0.3, 0.4) is 0 Å². The van der Waals surface area contributed by atoms with Gasteiger partial charge in [-0.15, -0.1) is 0 Å². The zero-order valence-electron chi connectivity index (χ0n) is 9.36. The number of hydrogen-bond acceptors (Lipinski definition) is 4. The van der Waals surface area contributed by atoms with E-state index in [-0.39, 0.29) is 10.9 Å². The summed E-state index contributed by atoms with van der Waals surface area (Å²) in [4.78, 5) is 10.7. The molecule has 2 atom stereocenters. The number of halogens is 3. The average Bonchev–Trinajstić information content (AvgIpc) is 2.31. The Bertz CT molecular complexity index is 456. The molecule has 0 fully saturated rings. The molecule has 0 aromatic heterocycles. The minimum atomic E-state index is -1.69. The van der Waals surface area contributed by atoms with Gasteiger partial charge in [0.1, 0.15) is 17.7 Å². The van der Waals surface area contributed by atoms with Crippen LogP contribution in [0.4, 0.5) is 8.78 Å². The molecule has 0 spiro atoms. The van der Waals surface area contributed by atoms with Crippen molar-refractivity contribution in [2.24, 2.45) is 0 Å². The van der Waals surface area contributed by atoms with E-state index < -0.39 is 34.4 Å². The third-order valence-electron chi connectivity index (χ3n) is 2.20. The molecule has 1 aromatic carbocycles. The van der Waals surface area contributed by atoms with Crippen molar-refractivity contribution in [3.05, 3.63) is 34.4 Å². The monoisotopic (exact) mass is 296 g/mol. The van der Waals surface area contributed by atoms with E-state index in [0.29, 0.717) is 0 Å². The molecule has 0 amide bonds. The Balaban J connectivity index is 2.92. The van der Waals surface area contributed by atoms with Crippen LogP contribution in [0.2, 0.25) is 5.02 Å². The summed E-state index contributed by atoms with van der Waals surface area (Å²) in [7, 11) is 0. The minimum Gasteiger partial charge on any atom is -0.389 e. The van der Waals surface area contributed by atoms with Crippen molar-refractivity contribution in [2.45, 2.75) is 19.1 Å². The second-order valence-electron chi connectivity index (χ2n) is 3.57. The molecule has 0 aliphatic carbocycles. The van der Waals surface area contributed by atoms with Gasteiger partial charge in [-0.3, -0.25) is 4.79 Å². The molecular formula is C11H11ClF2O3S. The predicted molar refractivity (Wildman–Crippen MR) is 65.5 cm³/mol. The van der Waals surface area contributed by atoms with Gasteiger partial charge in [0.05, 0.1) is 11.1 Å². The van der Waals surface area contributed by atoms with E-state index in [9.17, 15) is 23.8 Å². The van der Waals surface area contributed by atoms with Crippen LogP contribution in [0, 0.1) is 11.6 Å². The van der Waals surface area contributed by atoms with Gasteiger partial charge in [-0.1, -0.05) is 23.4 Å². The first kappa shape index (κ1) is 15.4. The Hall–Kier alpha value is -0.690. The summed E-state index contributed by atoms with van der Waals surface area (Å²) in [5.74, 6) is -1.94. The predicted octanol–water partition coefficient (Wildman–Crippen LogP) is 2.29. The molecule has 1 aromatic rings. The van der Waals surface area contributed by atoms with E-state index in [0.717, 1.165) is 23.9 Å². The van der Waals surface area contributed by atoms with Gasteiger partial charge in [0.25, 0.3) is 0 Å². The second-order valence-corrected chi connectivity index (χ2v) is 5.15. The summed E-state index contributed by atoms with van der Waals surface area (Å²) in [6.45, 7) is 1.29. The normalized spacial score (nSPS) is 14.3. The first-order chi connectivity index (χ1) is 8.34. The number of thioether (sulfide) groups is 1. The van der Waals surface area contributed by atoms with Gasteiger partial charge >= 0.3 is 0 Å². The molecule has 2 unspecified atom stereocenters. The molecule has 0 bridgehead atoms. The topological polar surface area (TPSA) is 57.5 Å². The third kappa shape index (κ3) is 3.65. The molecule has 0 saturated carbocycles. The number of carbonyl (C=O) groups excluding carboxylic acids is 1. The molecule has 0 aliphatic rings. The van der Waals surface area contributed by atoms with E-state index in [1.165, 1.54) is 6.92 Å². The van der Waals surface area contributed by atoms with Crippen molar-refractivity contribution >= 4 is 28.5 Å². The van der Waals surface area contributed by atoms with Crippen molar-refractivity contribution in [2.75, 3.05) is 5.75 Å². The van der Waals surface area contributed by atoms with Gasteiger partial charge < -0.3 is 10.2 Å². The molecule has 3 nitrogen and oxygen atoms in total. The lowest BCUT2D eigenvalue weighted by atomic mass is 10.0. The van der Waals surface area contributed by atoms with Gasteiger partial charge in [0.2, 0.25) is 0 Å². The Kier molecular flexibility index (Phi) is 5.52. The van der Waals surface area contributed by atoms with Crippen LogP contribution in [-0.4, -0.2) is 27.2 Å². The minimum absolute atomic E-state index is 0.136. The van der Waals surface area contributed by atoms with Crippen LogP contribution in [-0.2, 0) is 4.79 Å². The van der Waals surface area contributed by atoms with Crippen molar-refractivity contribution in [3.63, 3.8) is 0 Å². The maximum Gasteiger partial charge on any atom is 0.185 e. The number of rotatable bonds is 4. The maximum atomic E-state index is 13.4. The van der Waals surface area contributed by atoms with Crippen LogP contribution in [0.5, 0.6) is 0 Å². The lowest BCUT2D eigenvalue weighted by Crippen LogP contribution is -2.23. The fourth-order valence-electron chi connectivity index (χ4n) is 1.30. The Labute approximate surface area is 112 Å². The Morgan fingerprint density at radius 2 is 1.94 bits per heavy atom. The van der Waals surface area contributed by atoms with Gasteiger partial charge in [-0.05, 0) is 12.1 Å². The van der Waals surface area contributed by atoms with E-state index in [4.69, 9.17) is 11.6 Å². The SMILES string of the molecule is CC(=O)SCC(O)C(O)c1c(F)ccc(F)c1Cl. The molecule has 7 heteroatoms. The van der Waals surface area contributed by atoms with Crippen LogP contribution in [0.25, 0.3) is 0 Å². The number of hydrogen-bond donors (Lipinski definition) is 2. The van der Waals surface area contributed by atoms with E-state index >= 15 is 0 Å². The smallest absolute Gasteiger partial charge is 0.185 e. The summed E-state index contributed by atoms with van der Waals surface area (Å²) in [6.07, 6.45) is -3.12. The summed E-state index contributed by atoms with van der Waals surface area (Å²) in [5.41, 5.74) is -0.506. The van der Waals surface area contributed by atoms with Crippen LogP contribution in [0.1, 0.15) is 18.6 Å². The van der Waals surface area contributed by atoms with Crippen molar-refractivity contribution in [3.8, 4) is 0 Å². The van der Waals surface area contributed by atoms with Crippen LogP contribution in [0.15, 0.2) is 12.1 Å². The van der Waals surface area contributed by atoms with Gasteiger partial charge in [-0.2, -0.15) is 0 Å². The van der Waals surface area contributed by atoms with E-state index in [2.05, 4.69) is 0 Å². The Morgan fingerprint density at radius 3 is 2.50 bits per heavy atom. The highest BCUT2D eigenvalue weighted by molar-refractivity contribution is 8.13. The van der Waals surface area contributed by atoms with Crippen molar-refractivity contribution in [1.82, 2.24) is 0 Å². The fraction of sp³-hybridized carbons (Fsp3) is 0.364. The summed E-state index contributed by atoms with van der Waals surface area (Å²) in [6, 6.07) is 1.63. The first-order valence-corrected chi connectivity index (χ1v) is 6.33. The van der Waals surface area contributed by atoms with Gasteiger partial charge in [0.15, 0.2) is 5.12 Å². The number of benzene rings is 1. The number of carbonyl (C=O) groups is 1. The molecular weight excluding hydrogens is 286 g/mol. The summed E-state index contributed by atoms with van der Waals surface area (Å²) in [5, 5.41) is 18.5. The van der Waals surface area contributed by atoms with Gasteiger partial charge in [-0.25, -0.2) is 8.78 Å². The molecule has 0 radical (unpaired) electrons. The zero-order chi connectivity index (χ0) is 13.9. The quantitative estimate of drug-likeness (QED) is 0.837. The van der Waals surface area contributed by atoms with Gasteiger partial charge in [0, 0.05) is 18.2 Å². The lowest BCUT2D eigenvalue weighted by molar-refractivity contribution is -0.109. The lowest BCUT2D eigenvalue weighted by Gasteiger charge is -2.19. The molecule has 0 aliphatic heterocycles. The Morgan fingerprint density at radius 1 is 1.39 bits per heavy atom. The first-order valence-electron chi connectivity index (χ1n) is 4.97. The fourth-order valence-corrected chi connectivity index (χ4v) is 2.15. The number of aliphatic hydroxyl groups excluding tert-OH is 2. The second kappa shape index (κ2) is 6.47. The molecule has 2 N–H and O–H groups in total. The summed E-state index contributed by atoms with van der Waals surface area (Å²) < 4.78 is 26.6. The highest BCUT2D eigenvalue weighted by Crippen LogP contribution is 2.31. The standard InChI is InChI=1S/C11H11ClF2O3S/c1-5(15)18-4-8(16)11(17)9-6(13)2-3-7(14)10(9)12/h2-3,8,11,16-17H,4H2,1H3. The molecule has 0 heterocycles. The molecule has 100 valence electrons.